The van der Waals surface area contributed by atoms with Gasteiger partial charge in [0.15, 0.2) is 9.84 Å². The number of ether oxygens (including phenoxy) is 1. The van der Waals surface area contributed by atoms with Crippen LogP contribution in [0.25, 0.3) is 0 Å². The fourth-order valence-electron chi connectivity index (χ4n) is 2.41. The molecule has 0 saturated carbocycles. The molecule has 116 valence electrons. The summed E-state index contributed by atoms with van der Waals surface area (Å²) in [5, 5.41) is 0. The molecule has 1 aromatic carbocycles. The fourth-order valence-corrected chi connectivity index (χ4v) is 4.54. The van der Waals surface area contributed by atoms with Gasteiger partial charge in [0.1, 0.15) is 0 Å². The first-order chi connectivity index (χ1) is 9.82. The Morgan fingerprint density at radius 1 is 1.48 bits per heavy atom. The van der Waals surface area contributed by atoms with Crippen LogP contribution in [0.1, 0.15) is 22.8 Å². The maximum absolute atomic E-state index is 11.6. The van der Waals surface area contributed by atoms with Crippen molar-refractivity contribution in [1.29, 1.82) is 0 Å². The third-order valence-electron chi connectivity index (χ3n) is 3.66. The molecule has 0 spiro atoms. The van der Waals surface area contributed by atoms with Crippen LogP contribution in [0.2, 0.25) is 0 Å². The number of esters is 1. The Bertz CT molecular complexity index is 644. The highest BCUT2D eigenvalue weighted by molar-refractivity contribution is 9.10. The van der Waals surface area contributed by atoms with Gasteiger partial charge < -0.3 is 4.74 Å². The second kappa shape index (κ2) is 6.46. The van der Waals surface area contributed by atoms with E-state index in [9.17, 15) is 13.2 Å². The second-order valence-electron chi connectivity index (χ2n) is 5.23. The number of methoxy groups -OCH3 is 1. The summed E-state index contributed by atoms with van der Waals surface area (Å²) >= 11 is 3.46. The molecule has 0 aliphatic carbocycles. The molecule has 1 fully saturated rings. The monoisotopic (exact) mass is 375 g/mol. The Morgan fingerprint density at radius 3 is 2.76 bits per heavy atom. The van der Waals surface area contributed by atoms with Crippen LogP contribution in [0, 0.1) is 0 Å². The molecular weight excluding hydrogens is 358 g/mol. The van der Waals surface area contributed by atoms with Crippen molar-refractivity contribution in [3.63, 3.8) is 0 Å². The number of hydrogen-bond acceptors (Lipinski definition) is 5. The summed E-state index contributed by atoms with van der Waals surface area (Å²) in [6.45, 7) is 3.11. The Morgan fingerprint density at radius 2 is 2.19 bits per heavy atom. The molecular formula is C14H18BrNO4S. The number of nitrogens with zero attached hydrogens (tertiary/aromatic N) is 1. The van der Waals surface area contributed by atoms with Crippen molar-refractivity contribution in [3.05, 3.63) is 33.8 Å². The average molecular weight is 376 g/mol. The van der Waals surface area contributed by atoms with Crippen LogP contribution in [0.5, 0.6) is 0 Å². The molecule has 21 heavy (non-hydrogen) atoms. The van der Waals surface area contributed by atoms with Gasteiger partial charge in [0, 0.05) is 23.6 Å². The summed E-state index contributed by atoms with van der Waals surface area (Å²) in [6.07, 6.45) is 0. The lowest BCUT2D eigenvalue weighted by Gasteiger charge is -2.33. The Labute approximate surface area is 133 Å². The minimum atomic E-state index is -2.90. The maximum atomic E-state index is 11.6. The van der Waals surface area contributed by atoms with E-state index in [-0.39, 0.29) is 23.5 Å². The molecule has 0 amide bonds. The van der Waals surface area contributed by atoms with Gasteiger partial charge in [-0.15, -0.1) is 0 Å². The van der Waals surface area contributed by atoms with Crippen molar-refractivity contribution in [2.75, 3.05) is 25.2 Å². The number of sulfone groups is 1. The number of benzene rings is 1. The van der Waals surface area contributed by atoms with Crippen LogP contribution >= 0.6 is 15.9 Å². The summed E-state index contributed by atoms with van der Waals surface area (Å²) in [5.41, 5.74) is 1.51. The van der Waals surface area contributed by atoms with E-state index >= 15 is 0 Å². The minimum Gasteiger partial charge on any atom is -0.465 e. The second-order valence-corrected chi connectivity index (χ2v) is 8.31. The van der Waals surface area contributed by atoms with Gasteiger partial charge in [-0.05, 0) is 24.6 Å². The molecule has 0 N–H and O–H groups in total. The van der Waals surface area contributed by atoms with Gasteiger partial charge in [0.25, 0.3) is 0 Å². The fraction of sp³-hybridized carbons (Fsp3) is 0.500. The first kappa shape index (κ1) is 16.5. The molecule has 1 heterocycles. The van der Waals surface area contributed by atoms with E-state index in [1.54, 1.807) is 12.1 Å². The van der Waals surface area contributed by atoms with E-state index in [2.05, 4.69) is 25.6 Å². The number of carbonyl (C=O) groups is 1. The highest BCUT2D eigenvalue weighted by Crippen LogP contribution is 2.23. The number of carbonyl (C=O) groups excluding carboxylic acids is 1. The first-order valence-corrected chi connectivity index (χ1v) is 9.25. The third-order valence-corrected chi connectivity index (χ3v) is 6.19. The molecule has 1 saturated heterocycles. The molecule has 0 radical (unpaired) electrons. The number of rotatable bonds is 3. The molecule has 5 nitrogen and oxygen atoms in total. The number of halogens is 1. The third kappa shape index (κ3) is 4.05. The summed E-state index contributed by atoms with van der Waals surface area (Å²) in [7, 11) is -1.56. The van der Waals surface area contributed by atoms with E-state index < -0.39 is 9.84 Å². The maximum Gasteiger partial charge on any atom is 0.337 e. The molecule has 0 bridgehead atoms. The van der Waals surface area contributed by atoms with Crippen molar-refractivity contribution in [2.45, 2.75) is 19.5 Å². The van der Waals surface area contributed by atoms with Gasteiger partial charge in [-0.2, -0.15) is 0 Å². The van der Waals surface area contributed by atoms with Crippen LogP contribution < -0.4 is 0 Å². The summed E-state index contributed by atoms with van der Waals surface area (Å²) in [4.78, 5) is 13.6. The lowest BCUT2D eigenvalue weighted by atomic mass is 10.1. The molecule has 7 heteroatoms. The van der Waals surface area contributed by atoms with Gasteiger partial charge in [0.05, 0.1) is 24.2 Å². The summed E-state index contributed by atoms with van der Waals surface area (Å²) in [6, 6.07) is 5.31. The quantitative estimate of drug-likeness (QED) is 0.754. The van der Waals surface area contributed by atoms with E-state index in [1.165, 1.54) is 7.11 Å². The lowest BCUT2D eigenvalue weighted by molar-refractivity contribution is 0.0600. The van der Waals surface area contributed by atoms with Crippen LogP contribution in [-0.2, 0) is 21.1 Å². The van der Waals surface area contributed by atoms with Crippen molar-refractivity contribution >= 4 is 31.7 Å². The van der Waals surface area contributed by atoms with Gasteiger partial charge in [-0.1, -0.05) is 22.0 Å². The Balaban J connectivity index is 2.12. The largest absolute Gasteiger partial charge is 0.465 e. The van der Waals surface area contributed by atoms with E-state index in [0.29, 0.717) is 18.7 Å². The van der Waals surface area contributed by atoms with Crippen molar-refractivity contribution < 1.29 is 17.9 Å². The van der Waals surface area contributed by atoms with Gasteiger partial charge in [0.2, 0.25) is 0 Å². The molecule has 1 aliphatic rings. The van der Waals surface area contributed by atoms with Crippen molar-refractivity contribution in [3.8, 4) is 0 Å². The molecule has 1 unspecified atom stereocenters. The topological polar surface area (TPSA) is 63.7 Å². The summed E-state index contributed by atoms with van der Waals surface area (Å²) in [5.74, 6) is 0.0276. The van der Waals surface area contributed by atoms with Crippen LogP contribution in [0.3, 0.4) is 0 Å². The minimum absolute atomic E-state index is 0.00377. The van der Waals surface area contributed by atoms with Gasteiger partial charge >= 0.3 is 5.97 Å². The SMILES string of the molecule is COC(=O)c1ccc(CN2CCS(=O)(=O)CC2C)c(Br)c1. The zero-order valence-electron chi connectivity index (χ0n) is 12.0. The highest BCUT2D eigenvalue weighted by atomic mass is 79.9. The zero-order valence-corrected chi connectivity index (χ0v) is 14.4. The normalized spacial score (nSPS) is 22.0. The van der Waals surface area contributed by atoms with Crippen molar-refractivity contribution in [2.24, 2.45) is 0 Å². The Kier molecular flexibility index (Phi) is 5.06. The van der Waals surface area contributed by atoms with E-state index in [1.807, 2.05) is 13.0 Å². The molecule has 2 rings (SSSR count). The first-order valence-electron chi connectivity index (χ1n) is 6.63. The van der Waals surface area contributed by atoms with Gasteiger partial charge in [-0.25, -0.2) is 13.2 Å². The molecule has 1 aromatic rings. The molecule has 1 aliphatic heterocycles. The van der Waals surface area contributed by atoms with Crippen LogP contribution in [-0.4, -0.2) is 50.5 Å². The molecule has 0 aromatic heterocycles. The lowest BCUT2D eigenvalue weighted by Crippen LogP contribution is -2.46. The van der Waals surface area contributed by atoms with E-state index in [0.717, 1.165) is 10.0 Å². The zero-order chi connectivity index (χ0) is 15.6. The highest BCUT2D eigenvalue weighted by Gasteiger charge is 2.28. The standard InChI is InChI=1S/C14H18BrNO4S/c1-10-9-21(18,19)6-5-16(10)8-12-4-3-11(7-13(12)15)14(17)20-2/h3-4,7,10H,5-6,8-9H2,1-2H3. The number of hydrogen-bond donors (Lipinski definition) is 0. The van der Waals surface area contributed by atoms with E-state index in [4.69, 9.17) is 0 Å². The predicted octanol–water partition coefficient (Wildman–Crippen LogP) is 1.85. The average Bonchev–Trinajstić information content (AvgIpc) is 2.42. The summed E-state index contributed by atoms with van der Waals surface area (Å²) < 4.78 is 28.7. The predicted molar refractivity (Wildman–Crippen MR) is 84.0 cm³/mol. The molecule has 1 atom stereocenters. The van der Waals surface area contributed by atoms with Gasteiger partial charge in [-0.3, -0.25) is 4.90 Å². The van der Waals surface area contributed by atoms with Crippen LogP contribution in [0.4, 0.5) is 0 Å². The Hall–Kier alpha value is -0.920. The smallest absolute Gasteiger partial charge is 0.337 e. The van der Waals surface area contributed by atoms with Crippen LogP contribution in [0.15, 0.2) is 22.7 Å². The van der Waals surface area contributed by atoms with Crippen molar-refractivity contribution in [1.82, 2.24) is 4.90 Å².